The first-order chi connectivity index (χ1) is 15.9. The van der Waals surface area contributed by atoms with E-state index in [-0.39, 0.29) is 13.2 Å². The van der Waals surface area contributed by atoms with Crippen LogP contribution in [0.2, 0.25) is 0 Å². The third-order valence-corrected chi connectivity index (χ3v) is 4.47. The molecule has 0 heterocycles. The number of carbonyl (C=O) groups excluding carboxylic acids is 2. The van der Waals surface area contributed by atoms with E-state index in [1.807, 2.05) is 36.4 Å². The molecular formula is C27H24O6. The second-order valence-electron chi connectivity index (χ2n) is 7.11. The largest absolute Gasteiger partial charge is 0.491 e. The van der Waals surface area contributed by atoms with E-state index in [2.05, 4.69) is 6.58 Å². The lowest BCUT2D eigenvalue weighted by molar-refractivity contribution is -0.130. The molecule has 0 aliphatic rings. The van der Waals surface area contributed by atoms with Crippen LogP contribution < -0.4 is 14.2 Å². The first-order valence-electron chi connectivity index (χ1n) is 10.3. The van der Waals surface area contributed by atoms with E-state index in [4.69, 9.17) is 19.3 Å². The molecule has 0 atom stereocenters. The Morgan fingerprint density at radius 3 is 1.88 bits per heavy atom. The molecular weight excluding hydrogens is 420 g/mol. The zero-order valence-corrected chi connectivity index (χ0v) is 18.2. The predicted molar refractivity (Wildman–Crippen MR) is 126 cm³/mol. The second kappa shape index (κ2) is 11.5. The SMILES string of the molecule is C=C(C)C(=O)Oc1ccc(/C=C/C(=O)Oc2ccc(-c3ccc(OCCO)cc3)cc2)cc1. The van der Waals surface area contributed by atoms with Gasteiger partial charge in [-0.05, 0) is 66.1 Å². The number of rotatable bonds is 9. The molecule has 0 aromatic heterocycles. The molecule has 0 aliphatic carbocycles. The van der Waals surface area contributed by atoms with Gasteiger partial charge in [-0.15, -0.1) is 0 Å². The Labute approximate surface area is 192 Å². The topological polar surface area (TPSA) is 82.1 Å². The molecule has 0 bridgehead atoms. The fraction of sp³-hybridized carbons (Fsp3) is 0.111. The standard InChI is InChI=1S/C27H24O6/c1-19(2)27(30)33-25-10-3-20(4-11-25)5-16-26(29)32-24-14-8-22(9-15-24)21-6-12-23(13-7-21)31-18-17-28/h3-16,28H,1,17-18H2,2H3/b16-5+. The zero-order valence-electron chi connectivity index (χ0n) is 18.2. The van der Waals surface area contributed by atoms with Crippen LogP contribution in [0.5, 0.6) is 17.2 Å². The van der Waals surface area contributed by atoms with E-state index in [0.29, 0.717) is 22.8 Å². The maximum absolute atomic E-state index is 12.1. The van der Waals surface area contributed by atoms with Gasteiger partial charge in [0.2, 0.25) is 0 Å². The van der Waals surface area contributed by atoms with Gasteiger partial charge >= 0.3 is 11.9 Å². The number of hydrogen-bond donors (Lipinski definition) is 1. The van der Waals surface area contributed by atoms with Crippen LogP contribution in [0.15, 0.2) is 91.0 Å². The van der Waals surface area contributed by atoms with Gasteiger partial charge in [0.1, 0.15) is 23.9 Å². The molecule has 168 valence electrons. The lowest BCUT2D eigenvalue weighted by atomic mass is 10.1. The molecule has 0 radical (unpaired) electrons. The number of esters is 2. The Morgan fingerprint density at radius 1 is 0.818 bits per heavy atom. The molecule has 0 aliphatic heterocycles. The highest BCUT2D eigenvalue weighted by Crippen LogP contribution is 2.25. The van der Waals surface area contributed by atoms with Crippen molar-refractivity contribution in [2.75, 3.05) is 13.2 Å². The smallest absolute Gasteiger partial charge is 0.338 e. The van der Waals surface area contributed by atoms with Gasteiger partial charge in [0.15, 0.2) is 0 Å². The van der Waals surface area contributed by atoms with Gasteiger partial charge in [0, 0.05) is 11.6 Å². The lowest BCUT2D eigenvalue weighted by Crippen LogP contribution is -2.07. The number of aliphatic hydroxyl groups is 1. The highest BCUT2D eigenvalue weighted by Gasteiger charge is 2.06. The molecule has 3 aromatic carbocycles. The lowest BCUT2D eigenvalue weighted by Gasteiger charge is -2.07. The predicted octanol–water partition coefficient (Wildman–Crippen LogP) is 4.83. The summed E-state index contributed by atoms with van der Waals surface area (Å²) in [7, 11) is 0. The fourth-order valence-corrected chi connectivity index (χ4v) is 2.78. The van der Waals surface area contributed by atoms with Crippen LogP contribution in [0, 0.1) is 0 Å². The van der Waals surface area contributed by atoms with Crippen molar-refractivity contribution in [2.24, 2.45) is 0 Å². The van der Waals surface area contributed by atoms with E-state index in [0.717, 1.165) is 16.7 Å². The summed E-state index contributed by atoms with van der Waals surface area (Å²) >= 11 is 0. The monoisotopic (exact) mass is 444 g/mol. The number of hydrogen-bond acceptors (Lipinski definition) is 6. The van der Waals surface area contributed by atoms with Gasteiger partial charge in [-0.3, -0.25) is 0 Å². The van der Waals surface area contributed by atoms with E-state index < -0.39 is 11.9 Å². The van der Waals surface area contributed by atoms with Crippen molar-refractivity contribution < 1.29 is 28.9 Å². The van der Waals surface area contributed by atoms with E-state index in [1.165, 1.54) is 6.08 Å². The Balaban J connectivity index is 1.54. The van der Waals surface area contributed by atoms with Crippen LogP contribution in [-0.2, 0) is 9.59 Å². The first kappa shape index (κ1) is 23.5. The van der Waals surface area contributed by atoms with Gasteiger partial charge in [-0.25, -0.2) is 9.59 Å². The molecule has 3 rings (SSSR count). The van der Waals surface area contributed by atoms with Crippen molar-refractivity contribution in [3.05, 3.63) is 96.6 Å². The maximum Gasteiger partial charge on any atom is 0.338 e. The van der Waals surface area contributed by atoms with Gasteiger partial charge in [-0.1, -0.05) is 43.0 Å². The van der Waals surface area contributed by atoms with Crippen LogP contribution in [0.4, 0.5) is 0 Å². The summed E-state index contributed by atoms with van der Waals surface area (Å²) in [5, 5.41) is 8.81. The van der Waals surface area contributed by atoms with Crippen LogP contribution >= 0.6 is 0 Å². The summed E-state index contributed by atoms with van der Waals surface area (Å²) in [4.78, 5) is 23.7. The molecule has 33 heavy (non-hydrogen) atoms. The average molecular weight is 444 g/mol. The molecule has 0 fully saturated rings. The van der Waals surface area contributed by atoms with Crippen molar-refractivity contribution in [1.82, 2.24) is 0 Å². The van der Waals surface area contributed by atoms with Crippen molar-refractivity contribution in [2.45, 2.75) is 6.92 Å². The summed E-state index contributed by atoms with van der Waals surface area (Å²) in [5.74, 6) is 0.518. The molecule has 1 N–H and O–H groups in total. The van der Waals surface area contributed by atoms with Crippen LogP contribution in [0.3, 0.4) is 0 Å². The summed E-state index contributed by atoms with van der Waals surface area (Å²) < 4.78 is 15.8. The zero-order chi connectivity index (χ0) is 23.6. The Hall–Kier alpha value is -4.16. The van der Waals surface area contributed by atoms with Crippen molar-refractivity contribution in [1.29, 1.82) is 0 Å². The minimum atomic E-state index is -0.508. The van der Waals surface area contributed by atoms with E-state index in [1.54, 1.807) is 49.4 Å². The van der Waals surface area contributed by atoms with Gasteiger partial charge in [-0.2, -0.15) is 0 Å². The van der Waals surface area contributed by atoms with Gasteiger partial charge in [0.25, 0.3) is 0 Å². The highest BCUT2D eigenvalue weighted by atomic mass is 16.5. The minimum Gasteiger partial charge on any atom is -0.491 e. The first-order valence-corrected chi connectivity index (χ1v) is 10.3. The summed E-state index contributed by atoms with van der Waals surface area (Å²) in [5.41, 5.74) is 3.02. The molecule has 0 amide bonds. The highest BCUT2D eigenvalue weighted by molar-refractivity contribution is 5.89. The molecule has 0 saturated carbocycles. The third kappa shape index (κ3) is 7.19. The Kier molecular flexibility index (Phi) is 8.16. The average Bonchev–Trinajstić information content (AvgIpc) is 2.83. The van der Waals surface area contributed by atoms with Crippen molar-refractivity contribution >= 4 is 18.0 Å². The fourth-order valence-electron chi connectivity index (χ4n) is 2.78. The number of aliphatic hydroxyl groups excluding tert-OH is 1. The molecule has 0 spiro atoms. The summed E-state index contributed by atoms with van der Waals surface area (Å²) in [6.07, 6.45) is 2.94. The number of ether oxygens (including phenoxy) is 3. The van der Waals surface area contributed by atoms with Crippen molar-refractivity contribution in [3.63, 3.8) is 0 Å². The third-order valence-electron chi connectivity index (χ3n) is 4.47. The second-order valence-corrected chi connectivity index (χ2v) is 7.11. The van der Waals surface area contributed by atoms with Crippen molar-refractivity contribution in [3.8, 4) is 28.4 Å². The van der Waals surface area contributed by atoms with E-state index >= 15 is 0 Å². The van der Waals surface area contributed by atoms with E-state index in [9.17, 15) is 9.59 Å². The molecule has 6 nitrogen and oxygen atoms in total. The maximum atomic E-state index is 12.1. The molecule has 0 saturated heterocycles. The Bertz CT molecular complexity index is 1130. The molecule has 0 unspecified atom stereocenters. The minimum absolute atomic E-state index is 0.0314. The van der Waals surface area contributed by atoms with Crippen LogP contribution in [0.1, 0.15) is 12.5 Å². The summed E-state index contributed by atoms with van der Waals surface area (Å²) in [6, 6.07) is 21.4. The van der Waals surface area contributed by atoms with Gasteiger partial charge < -0.3 is 19.3 Å². The van der Waals surface area contributed by atoms with Crippen LogP contribution in [0.25, 0.3) is 17.2 Å². The molecule has 3 aromatic rings. The molecule has 6 heteroatoms. The Morgan fingerprint density at radius 2 is 1.33 bits per heavy atom. The summed E-state index contributed by atoms with van der Waals surface area (Å²) in [6.45, 7) is 5.33. The van der Waals surface area contributed by atoms with Crippen LogP contribution in [-0.4, -0.2) is 30.3 Å². The van der Waals surface area contributed by atoms with Gasteiger partial charge in [0.05, 0.1) is 6.61 Å². The normalized spacial score (nSPS) is 10.6. The number of carbonyl (C=O) groups is 2. The number of benzene rings is 3. The quantitative estimate of drug-likeness (QED) is 0.289.